The van der Waals surface area contributed by atoms with Crippen molar-refractivity contribution in [3.63, 3.8) is 0 Å². The molecule has 0 atom stereocenters. The second-order valence-corrected chi connectivity index (χ2v) is 4.83. The Hall–Kier alpha value is -1.44. The smallest absolute Gasteiger partial charge is 0.0932 e. The molecule has 0 N–H and O–H groups in total. The van der Waals surface area contributed by atoms with Gasteiger partial charge in [0.15, 0.2) is 0 Å². The zero-order valence-corrected chi connectivity index (χ0v) is 10.4. The molecule has 0 saturated carbocycles. The van der Waals surface area contributed by atoms with E-state index in [0.717, 1.165) is 11.2 Å². The number of aromatic nitrogens is 2. The van der Waals surface area contributed by atoms with Gasteiger partial charge in [0.05, 0.1) is 11.2 Å². The van der Waals surface area contributed by atoms with Crippen molar-refractivity contribution in [2.45, 2.75) is 39.5 Å². The van der Waals surface area contributed by atoms with Crippen molar-refractivity contribution < 1.29 is 0 Å². The van der Waals surface area contributed by atoms with Gasteiger partial charge in [-0.25, -0.2) is 0 Å². The van der Waals surface area contributed by atoms with E-state index in [2.05, 4.69) is 50.0 Å². The van der Waals surface area contributed by atoms with Crippen molar-refractivity contribution in [3.05, 3.63) is 35.5 Å². The van der Waals surface area contributed by atoms with E-state index in [4.69, 9.17) is 0 Å². The van der Waals surface area contributed by atoms with Crippen molar-refractivity contribution in [2.75, 3.05) is 0 Å². The SMILES string of the molecule is CC(C)c1nnc2ccccc2c1C(C)C. The summed E-state index contributed by atoms with van der Waals surface area (Å²) < 4.78 is 0. The van der Waals surface area contributed by atoms with Crippen molar-refractivity contribution in [1.82, 2.24) is 10.2 Å². The fourth-order valence-electron chi connectivity index (χ4n) is 2.12. The second-order valence-electron chi connectivity index (χ2n) is 4.83. The van der Waals surface area contributed by atoms with E-state index in [9.17, 15) is 0 Å². The van der Waals surface area contributed by atoms with Gasteiger partial charge < -0.3 is 0 Å². The van der Waals surface area contributed by atoms with Gasteiger partial charge in [-0.05, 0) is 23.5 Å². The summed E-state index contributed by atoms with van der Waals surface area (Å²) in [6.45, 7) is 8.78. The number of fused-ring (bicyclic) bond motifs is 1. The summed E-state index contributed by atoms with van der Waals surface area (Å²) in [7, 11) is 0. The topological polar surface area (TPSA) is 25.8 Å². The molecule has 0 spiro atoms. The Bertz CT molecular complexity index is 501. The van der Waals surface area contributed by atoms with Crippen LogP contribution in [0.5, 0.6) is 0 Å². The lowest BCUT2D eigenvalue weighted by Gasteiger charge is -2.16. The van der Waals surface area contributed by atoms with E-state index in [-0.39, 0.29) is 0 Å². The van der Waals surface area contributed by atoms with Gasteiger partial charge in [-0.15, -0.1) is 0 Å². The number of hydrogen-bond acceptors (Lipinski definition) is 2. The van der Waals surface area contributed by atoms with Gasteiger partial charge >= 0.3 is 0 Å². The summed E-state index contributed by atoms with van der Waals surface area (Å²) in [6.07, 6.45) is 0. The zero-order chi connectivity index (χ0) is 11.7. The van der Waals surface area contributed by atoms with Crippen LogP contribution in [0.15, 0.2) is 24.3 Å². The molecule has 1 aromatic carbocycles. The van der Waals surface area contributed by atoms with Crippen molar-refractivity contribution in [3.8, 4) is 0 Å². The van der Waals surface area contributed by atoms with Crippen LogP contribution >= 0.6 is 0 Å². The van der Waals surface area contributed by atoms with Gasteiger partial charge in [0, 0.05) is 5.39 Å². The first-order valence-corrected chi connectivity index (χ1v) is 5.86. The van der Waals surface area contributed by atoms with Gasteiger partial charge in [-0.1, -0.05) is 45.9 Å². The minimum absolute atomic E-state index is 0.425. The van der Waals surface area contributed by atoms with Crippen LogP contribution in [0.3, 0.4) is 0 Å². The molecule has 0 aliphatic heterocycles. The van der Waals surface area contributed by atoms with Gasteiger partial charge in [0.1, 0.15) is 0 Å². The van der Waals surface area contributed by atoms with Crippen LogP contribution in [0.1, 0.15) is 50.8 Å². The molecule has 16 heavy (non-hydrogen) atoms. The highest BCUT2D eigenvalue weighted by molar-refractivity contribution is 5.82. The van der Waals surface area contributed by atoms with Crippen LogP contribution < -0.4 is 0 Å². The highest BCUT2D eigenvalue weighted by Crippen LogP contribution is 2.29. The monoisotopic (exact) mass is 214 g/mol. The van der Waals surface area contributed by atoms with E-state index in [1.807, 2.05) is 12.1 Å². The van der Waals surface area contributed by atoms with Crippen molar-refractivity contribution in [2.24, 2.45) is 0 Å². The maximum absolute atomic E-state index is 4.38. The number of hydrogen-bond donors (Lipinski definition) is 0. The van der Waals surface area contributed by atoms with Gasteiger partial charge in [0.2, 0.25) is 0 Å². The molecule has 0 fully saturated rings. The third kappa shape index (κ3) is 1.80. The molecule has 1 aromatic heterocycles. The van der Waals surface area contributed by atoms with Crippen LogP contribution in [0.2, 0.25) is 0 Å². The fourth-order valence-corrected chi connectivity index (χ4v) is 2.12. The Labute approximate surface area is 96.7 Å². The fraction of sp³-hybridized carbons (Fsp3) is 0.429. The lowest BCUT2D eigenvalue weighted by atomic mass is 9.92. The number of nitrogens with zero attached hydrogens (tertiary/aromatic N) is 2. The van der Waals surface area contributed by atoms with E-state index in [1.165, 1.54) is 10.9 Å². The first kappa shape index (κ1) is 11.1. The third-order valence-corrected chi connectivity index (χ3v) is 2.86. The average Bonchev–Trinajstić information content (AvgIpc) is 2.27. The molecule has 84 valence electrons. The molecule has 0 radical (unpaired) electrons. The molecule has 0 saturated heterocycles. The van der Waals surface area contributed by atoms with Crippen LogP contribution in [-0.4, -0.2) is 10.2 Å². The molecular weight excluding hydrogens is 196 g/mol. The van der Waals surface area contributed by atoms with E-state index in [0.29, 0.717) is 11.8 Å². The zero-order valence-electron chi connectivity index (χ0n) is 10.4. The summed E-state index contributed by atoms with van der Waals surface area (Å²) in [6, 6.07) is 8.25. The summed E-state index contributed by atoms with van der Waals surface area (Å²) in [4.78, 5) is 0. The summed E-state index contributed by atoms with van der Waals surface area (Å²) >= 11 is 0. The quantitative estimate of drug-likeness (QED) is 0.758. The summed E-state index contributed by atoms with van der Waals surface area (Å²) in [5.41, 5.74) is 3.48. The Kier molecular flexibility index (Phi) is 2.90. The van der Waals surface area contributed by atoms with Crippen LogP contribution in [-0.2, 0) is 0 Å². The first-order valence-electron chi connectivity index (χ1n) is 5.86. The molecular formula is C14H18N2. The minimum Gasteiger partial charge on any atom is -0.154 e. The Balaban J connectivity index is 2.79. The lowest BCUT2D eigenvalue weighted by Crippen LogP contribution is -2.05. The van der Waals surface area contributed by atoms with E-state index >= 15 is 0 Å². The molecule has 0 aliphatic carbocycles. The first-order chi connectivity index (χ1) is 7.61. The maximum atomic E-state index is 4.38. The molecule has 0 unspecified atom stereocenters. The molecule has 2 heteroatoms. The summed E-state index contributed by atoms with van der Waals surface area (Å²) in [5.74, 6) is 0.910. The molecule has 2 nitrogen and oxygen atoms in total. The molecule has 0 aliphatic rings. The number of benzene rings is 1. The second kappa shape index (κ2) is 4.20. The van der Waals surface area contributed by atoms with Crippen LogP contribution in [0.25, 0.3) is 10.9 Å². The normalized spacial score (nSPS) is 11.6. The average molecular weight is 214 g/mol. The van der Waals surface area contributed by atoms with E-state index in [1.54, 1.807) is 0 Å². The van der Waals surface area contributed by atoms with Gasteiger partial charge in [0.25, 0.3) is 0 Å². The Morgan fingerprint density at radius 1 is 0.875 bits per heavy atom. The Morgan fingerprint density at radius 3 is 2.19 bits per heavy atom. The maximum Gasteiger partial charge on any atom is 0.0932 e. The largest absolute Gasteiger partial charge is 0.154 e. The third-order valence-electron chi connectivity index (χ3n) is 2.86. The highest BCUT2D eigenvalue weighted by Gasteiger charge is 2.15. The molecule has 1 heterocycles. The lowest BCUT2D eigenvalue weighted by molar-refractivity contribution is 0.742. The minimum atomic E-state index is 0.425. The molecule has 0 amide bonds. The summed E-state index contributed by atoms with van der Waals surface area (Å²) in [5, 5.41) is 9.92. The molecule has 0 bridgehead atoms. The van der Waals surface area contributed by atoms with Gasteiger partial charge in [-0.3, -0.25) is 0 Å². The van der Waals surface area contributed by atoms with Gasteiger partial charge in [-0.2, -0.15) is 10.2 Å². The van der Waals surface area contributed by atoms with Crippen LogP contribution in [0.4, 0.5) is 0 Å². The predicted molar refractivity (Wildman–Crippen MR) is 67.7 cm³/mol. The predicted octanol–water partition coefficient (Wildman–Crippen LogP) is 3.88. The molecule has 2 aromatic rings. The van der Waals surface area contributed by atoms with E-state index < -0.39 is 0 Å². The van der Waals surface area contributed by atoms with Crippen molar-refractivity contribution >= 4 is 10.9 Å². The molecule has 2 rings (SSSR count). The Morgan fingerprint density at radius 2 is 1.56 bits per heavy atom. The highest BCUT2D eigenvalue weighted by atomic mass is 15.1. The van der Waals surface area contributed by atoms with Crippen LogP contribution in [0, 0.1) is 0 Å². The van der Waals surface area contributed by atoms with Crippen molar-refractivity contribution in [1.29, 1.82) is 0 Å². The number of rotatable bonds is 2. The standard InChI is InChI=1S/C14H18N2/c1-9(2)13-11-7-5-6-8-12(11)15-16-14(13)10(3)4/h5-10H,1-4H3.